The summed E-state index contributed by atoms with van der Waals surface area (Å²) in [5.74, 6) is 0. The zero-order chi connectivity index (χ0) is 22.8. The molecule has 0 aliphatic carbocycles. The van der Waals surface area contributed by atoms with E-state index in [0.29, 0.717) is 6.61 Å². The van der Waals surface area contributed by atoms with Crippen molar-refractivity contribution in [3.8, 4) is 0 Å². The van der Waals surface area contributed by atoms with Gasteiger partial charge in [0.15, 0.2) is 39.6 Å². The highest BCUT2D eigenvalue weighted by molar-refractivity contribution is 6.71. The minimum atomic E-state index is -1.87. The lowest BCUT2D eigenvalue weighted by Crippen LogP contribution is -2.66. The van der Waals surface area contributed by atoms with Crippen LogP contribution in [0.1, 0.15) is 0 Å². The Hall–Kier alpha value is 0.628. The van der Waals surface area contributed by atoms with Crippen LogP contribution in [0.15, 0.2) is 0 Å². The van der Waals surface area contributed by atoms with Gasteiger partial charge < -0.3 is 27.2 Å². The van der Waals surface area contributed by atoms with Gasteiger partial charge in [-0.2, -0.15) is 0 Å². The lowest BCUT2D eigenvalue weighted by Gasteiger charge is -2.50. The van der Waals surface area contributed by atoms with E-state index in [1.54, 1.807) is 7.11 Å². The predicted octanol–water partition coefficient (Wildman–Crippen LogP) is 4.87. The Labute approximate surface area is 183 Å². The largest absolute Gasteiger partial charge is 0.415 e. The van der Waals surface area contributed by atoms with Crippen molar-refractivity contribution in [3.63, 3.8) is 0 Å². The van der Waals surface area contributed by atoms with Crippen LogP contribution in [0, 0.1) is 0 Å². The van der Waals surface area contributed by atoms with Crippen LogP contribution in [0.3, 0.4) is 0 Å². The van der Waals surface area contributed by atoms with Gasteiger partial charge in [-0.3, -0.25) is 0 Å². The predicted molar refractivity (Wildman–Crippen MR) is 130 cm³/mol. The number of ether oxygens (including phenoxy) is 2. The SMILES string of the molecule is COC1C(O[Si](C)(C)C)OC(CO[Si](C)(C)C)C(O[Si](C)(C)C)C1O[Si](C)(C)C. The molecule has 0 spiro atoms. The van der Waals surface area contributed by atoms with Crippen molar-refractivity contribution in [2.45, 2.75) is 109 Å². The van der Waals surface area contributed by atoms with Gasteiger partial charge in [0.05, 0.1) is 6.61 Å². The van der Waals surface area contributed by atoms with E-state index in [9.17, 15) is 0 Å². The van der Waals surface area contributed by atoms with E-state index in [1.165, 1.54) is 0 Å². The number of hydrogen-bond donors (Lipinski definition) is 0. The van der Waals surface area contributed by atoms with Crippen molar-refractivity contribution in [3.05, 3.63) is 0 Å². The summed E-state index contributed by atoms with van der Waals surface area (Å²) < 4.78 is 38.4. The third-order valence-corrected chi connectivity index (χ3v) is 7.92. The molecule has 1 saturated heterocycles. The Morgan fingerprint density at radius 1 is 0.586 bits per heavy atom. The normalized spacial score (nSPS) is 29.9. The Bertz CT molecular complexity index is 507. The van der Waals surface area contributed by atoms with Crippen molar-refractivity contribution < 1.29 is 27.2 Å². The molecule has 1 fully saturated rings. The second-order valence-corrected chi connectivity index (χ2v) is 29.7. The first-order valence-electron chi connectivity index (χ1n) is 10.7. The molecule has 174 valence electrons. The van der Waals surface area contributed by atoms with Crippen LogP contribution in [0.4, 0.5) is 0 Å². The fourth-order valence-electron chi connectivity index (χ4n) is 3.13. The highest BCUT2D eigenvalue weighted by Gasteiger charge is 2.51. The van der Waals surface area contributed by atoms with Gasteiger partial charge in [0.1, 0.15) is 24.4 Å². The van der Waals surface area contributed by atoms with Crippen LogP contribution >= 0.6 is 0 Å². The third kappa shape index (κ3) is 10.7. The summed E-state index contributed by atoms with van der Waals surface area (Å²) in [6.07, 6.45) is -1.55. The van der Waals surface area contributed by atoms with Crippen LogP contribution in [-0.2, 0) is 27.2 Å². The summed E-state index contributed by atoms with van der Waals surface area (Å²) >= 11 is 0. The number of hydrogen-bond acceptors (Lipinski definition) is 6. The van der Waals surface area contributed by atoms with Gasteiger partial charge in [-0.25, -0.2) is 0 Å². The van der Waals surface area contributed by atoms with Gasteiger partial charge >= 0.3 is 0 Å². The smallest absolute Gasteiger partial charge is 0.187 e. The first-order valence-corrected chi connectivity index (χ1v) is 24.3. The molecule has 1 aliphatic rings. The standard InChI is InChI=1S/C19H46O6Si4/c1-20-18-17(24-28(8,9)10)16(23-27(5,6)7)15(14-21-26(2,3)4)22-19(18)25-29(11,12)13/h15-19H,14H2,1-13H3. The van der Waals surface area contributed by atoms with Gasteiger partial charge in [-0.15, -0.1) is 0 Å². The molecule has 0 aromatic rings. The summed E-state index contributed by atoms with van der Waals surface area (Å²) in [5.41, 5.74) is 0. The van der Waals surface area contributed by atoms with Gasteiger partial charge in [0.2, 0.25) is 0 Å². The molecule has 0 bridgehead atoms. The van der Waals surface area contributed by atoms with Crippen molar-refractivity contribution >= 4 is 33.3 Å². The van der Waals surface area contributed by atoms with Crippen molar-refractivity contribution in [1.82, 2.24) is 0 Å². The maximum atomic E-state index is 6.67. The average Bonchev–Trinajstić information content (AvgIpc) is 2.43. The molecule has 0 radical (unpaired) electrons. The number of rotatable bonds is 10. The van der Waals surface area contributed by atoms with Gasteiger partial charge in [-0.1, -0.05) is 0 Å². The van der Waals surface area contributed by atoms with E-state index in [1.807, 2.05) is 0 Å². The quantitative estimate of drug-likeness (QED) is 0.414. The fourth-order valence-corrected chi connectivity index (χ4v) is 6.87. The van der Waals surface area contributed by atoms with Gasteiger partial charge in [-0.05, 0) is 78.6 Å². The first kappa shape index (κ1) is 27.7. The van der Waals surface area contributed by atoms with Gasteiger partial charge in [0, 0.05) is 7.11 Å². The highest BCUT2D eigenvalue weighted by atomic mass is 28.4. The van der Waals surface area contributed by atoms with Gasteiger partial charge in [0.25, 0.3) is 0 Å². The molecule has 0 aromatic carbocycles. The van der Waals surface area contributed by atoms with E-state index < -0.39 is 39.6 Å². The lowest BCUT2D eigenvalue weighted by molar-refractivity contribution is -0.278. The van der Waals surface area contributed by atoms with Crippen molar-refractivity contribution in [2.75, 3.05) is 13.7 Å². The second-order valence-electron chi connectivity index (χ2n) is 11.8. The molecule has 1 aliphatic heterocycles. The van der Waals surface area contributed by atoms with E-state index in [2.05, 4.69) is 78.6 Å². The summed E-state index contributed by atoms with van der Waals surface area (Å²) in [7, 11) is -5.61. The molecule has 29 heavy (non-hydrogen) atoms. The Morgan fingerprint density at radius 3 is 1.41 bits per heavy atom. The minimum Gasteiger partial charge on any atom is -0.415 e. The molecule has 0 amide bonds. The molecule has 0 saturated carbocycles. The van der Waals surface area contributed by atoms with Crippen LogP contribution in [0.5, 0.6) is 0 Å². The van der Waals surface area contributed by atoms with E-state index in [0.717, 1.165) is 0 Å². The monoisotopic (exact) mass is 482 g/mol. The average molecular weight is 483 g/mol. The zero-order valence-corrected chi connectivity index (χ0v) is 25.0. The summed E-state index contributed by atoms with van der Waals surface area (Å²) in [6.45, 7) is 26.7. The van der Waals surface area contributed by atoms with Crippen LogP contribution in [0.25, 0.3) is 0 Å². The van der Waals surface area contributed by atoms with E-state index >= 15 is 0 Å². The first-order chi connectivity index (χ1) is 12.8. The fraction of sp³-hybridized carbons (Fsp3) is 1.00. The molecule has 0 N–H and O–H groups in total. The molecular weight excluding hydrogens is 437 g/mol. The van der Waals surface area contributed by atoms with Crippen molar-refractivity contribution in [2.24, 2.45) is 0 Å². The molecular formula is C19H46O6Si4. The maximum Gasteiger partial charge on any atom is 0.187 e. The van der Waals surface area contributed by atoms with Crippen LogP contribution in [-0.4, -0.2) is 77.7 Å². The van der Waals surface area contributed by atoms with E-state index in [-0.39, 0.29) is 24.4 Å². The van der Waals surface area contributed by atoms with Crippen molar-refractivity contribution in [1.29, 1.82) is 0 Å². The summed E-state index contributed by atoms with van der Waals surface area (Å²) in [5, 5.41) is 0. The molecule has 5 atom stereocenters. The van der Waals surface area contributed by atoms with E-state index in [4.69, 9.17) is 27.2 Å². The summed E-state index contributed by atoms with van der Waals surface area (Å²) in [4.78, 5) is 0. The molecule has 10 heteroatoms. The molecule has 6 nitrogen and oxygen atoms in total. The Kier molecular flexibility index (Phi) is 9.59. The number of methoxy groups -OCH3 is 1. The second kappa shape index (κ2) is 10.1. The molecule has 1 heterocycles. The third-order valence-electron chi connectivity index (χ3n) is 3.99. The van der Waals surface area contributed by atoms with Crippen LogP contribution in [0.2, 0.25) is 78.6 Å². The lowest BCUT2D eigenvalue weighted by atomic mass is 9.99. The van der Waals surface area contributed by atoms with Crippen LogP contribution < -0.4 is 0 Å². The molecule has 5 unspecified atom stereocenters. The zero-order valence-electron chi connectivity index (χ0n) is 21.0. The Balaban J connectivity index is 3.32. The highest BCUT2D eigenvalue weighted by Crippen LogP contribution is 2.33. The molecule has 1 rings (SSSR count). The minimum absolute atomic E-state index is 0.240. The maximum absolute atomic E-state index is 6.67. The summed E-state index contributed by atoms with van der Waals surface area (Å²) in [6, 6.07) is 0. The topological polar surface area (TPSA) is 55.4 Å². The molecule has 0 aromatic heterocycles. The Morgan fingerprint density at radius 2 is 1.03 bits per heavy atom.